The number of rotatable bonds is 5. The van der Waals surface area contributed by atoms with Crippen LogP contribution in [0.5, 0.6) is 0 Å². The van der Waals surface area contributed by atoms with Gasteiger partial charge in [0.05, 0.1) is 22.8 Å². The summed E-state index contributed by atoms with van der Waals surface area (Å²) in [5.74, 6) is -0.0407. The normalized spacial score (nSPS) is 10.8. The van der Waals surface area contributed by atoms with Crippen LogP contribution in [-0.2, 0) is 20.1 Å². The first-order chi connectivity index (χ1) is 11.5. The number of thiazole rings is 1. The van der Waals surface area contributed by atoms with E-state index in [4.69, 9.17) is 11.6 Å². The first kappa shape index (κ1) is 16.7. The molecule has 3 aromatic rings. The SMILES string of the molecule is Cc1ncsc1CN(Cc1ccccc1)C(=O)c1cc(Cl)cn1C. The van der Waals surface area contributed by atoms with Crippen LogP contribution in [0.15, 0.2) is 48.1 Å². The molecular formula is C18H18ClN3OS. The number of halogens is 1. The van der Waals surface area contributed by atoms with E-state index < -0.39 is 0 Å². The fourth-order valence-electron chi connectivity index (χ4n) is 2.55. The molecule has 3 rings (SSSR count). The van der Waals surface area contributed by atoms with Crippen LogP contribution in [0.25, 0.3) is 0 Å². The highest BCUT2D eigenvalue weighted by molar-refractivity contribution is 7.09. The number of aromatic nitrogens is 2. The summed E-state index contributed by atoms with van der Waals surface area (Å²) in [5, 5.41) is 0.564. The molecule has 0 spiro atoms. The minimum atomic E-state index is -0.0407. The zero-order chi connectivity index (χ0) is 17.1. The monoisotopic (exact) mass is 359 g/mol. The molecule has 124 valence electrons. The van der Waals surface area contributed by atoms with Gasteiger partial charge in [0.2, 0.25) is 0 Å². The Morgan fingerprint density at radius 1 is 1.29 bits per heavy atom. The lowest BCUT2D eigenvalue weighted by molar-refractivity contribution is 0.0722. The minimum Gasteiger partial charge on any atom is -0.345 e. The smallest absolute Gasteiger partial charge is 0.271 e. The molecular weight excluding hydrogens is 342 g/mol. The predicted molar refractivity (Wildman–Crippen MR) is 97.3 cm³/mol. The van der Waals surface area contributed by atoms with Crippen LogP contribution in [-0.4, -0.2) is 20.4 Å². The Labute approximate surface area is 150 Å². The molecule has 0 radical (unpaired) electrons. The maximum Gasteiger partial charge on any atom is 0.271 e. The van der Waals surface area contributed by atoms with Gasteiger partial charge in [-0.2, -0.15) is 0 Å². The molecule has 24 heavy (non-hydrogen) atoms. The number of aryl methyl sites for hydroxylation is 2. The molecule has 0 aliphatic rings. The Hall–Kier alpha value is -2.11. The molecule has 0 fully saturated rings. The van der Waals surface area contributed by atoms with Crippen molar-refractivity contribution in [2.45, 2.75) is 20.0 Å². The van der Waals surface area contributed by atoms with Crippen LogP contribution in [0.3, 0.4) is 0 Å². The standard InChI is InChI=1S/C18H18ClN3OS/c1-13-17(24-12-20-13)11-22(9-14-6-4-3-5-7-14)18(23)16-8-15(19)10-21(16)2/h3-8,10,12H,9,11H2,1-2H3. The third kappa shape index (κ3) is 3.68. The highest BCUT2D eigenvalue weighted by Crippen LogP contribution is 2.21. The van der Waals surface area contributed by atoms with Crippen LogP contribution in [0.1, 0.15) is 26.6 Å². The topological polar surface area (TPSA) is 38.1 Å². The molecule has 0 aliphatic heterocycles. The van der Waals surface area contributed by atoms with Crippen LogP contribution in [0, 0.1) is 6.92 Å². The van der Waals surface area contributed by atoms with Crippen LogP contribution < -0.4 is 0 Å². The minimum absolute atomic E-state index is 0.0407. The maximum absolute atomic E-state index is 13.1. The van der Waals surface area contributed by atoms with Crippen LogP contribution >= 0.6 is 22.9 Å². The third-order valence-corrected chi connectivity index (χ3v) is 5.00. The van der Waals surface area contributed by atoms with Gasteiger partial charge in [-0.1, -0.05) is 41.9 Å². The Balaban J connectivity index is 1.90. The number of carbonyl (C=O) groups is 1. The van der Waals surface area contributed by atoms with E-state index in [0.29, 0.717) is 23.8 Å². The predicted octanol–water partition coefficient (Wildman–Crippen LogP) is 4.29. The summed E-state index contributed by atoms with van der Waals surface area (Å²) in [7, 11) is 1.83. The summed E-state index contributed by atoms with van der Waals surface area (Å²) in [6.07, 6.45) is 1.74. The van der Waals surface area contributed by atoms with E-state index in [1.54, 1.807) is 28.2 Å². The molecule has 2 heterocycles. The molecule has 6 heteroatoms. The van der Waals surface area contributed by atoms with E-state index in [1.807, 2.05) is 54.7 Å². The van der Waals surface area contributed by atoms with Gasteiger partial charge in [0.1, 0.15) is 5.69 Å². The number of nitrogens with zero attached hydrogens (tertiary/aromatic N) is 3. The van der Waals surface area contributed by atoms with Crippen LogP contribution in [0.2, 0.25) is 5.02 Å². The average Bonchev–Trinajstić information content (AvgIpc) is 3.12. The van der Waals surface area contributed by atoms with E-state index in [2.05, 4.69) is 4.98 Å². The number of amides is 1. The molecule has 1 amide bonds. The van der Waals surface area contributed by atoms with Gasteiger partial charge in [-0.15, -0.1) is 11.3 Å². The number of hydrogen-bond acceptors (Lipinski definition) is 3. The van der Waals surface area contributed by atoms with Gasteiger partial charge in [-0.05, 0) is 18.6 Å². The fraction of sp³-hybridized carbons (Fsp3) is 0.222. The third-order valence-electron chi connectivity index (χ3n) is 3.87. The summed E-state index contributed by atoms with van der Waals surface area (Å²) in [6.45, 7) is 3.04. The number of benzene rings is 1. The van der Waals surface area contributed by atoms with E-state index in [0.717, 1.165) is 16.1 Å². The summed E-state index contributed by atoms with van der Waals surface area (Å²) >= 11 is 7.62. The van der Waals surface area contributed by atoms with Crippen LogP contribution in [0.4, 0.5) is 0 Å². The van der Waals surface area contributed by atoms with Crippen molar-refractivity contribution >= 4 is 28.8 Å². The Kier molecular flexibility index (Phi) is 5.02. The maximum atomic E-state index is 13.1. The van der Waals surface area contributed by atoms with Crippen molar-refractivity contribution < 1.29 is 4.79 Å². The summed E-state index contributed by atoms with van der Waals surface area (Å²) in [5.41, 5.74) is 4.46. The Morgan fingerprint density at radius 3 is 2.62 bits per heavy atom. The quantitative estimate of drug-likeness (QED) is 0.681. The van der Waals surface area contributed by atoms with Gasteiger partial charge >= 0.3 is 0 Å². The van der Waals surface area contributed by atoms with Gasteiger partial charge in [0, 0.05) is 24.7 Å². The van der Waals surface area contributed by atoms with Crippen molar-refractivity contribution in [2.75, 3.05) is 0 Å². The second-order valence-electron chi connectivity index (χ2n) is 5.66. The molecule has 0 bridgehead atoms. The van der Waals surface area contributed by atoms with Crippen molar-refractivity contribution in [3.8, 4) is 0 Å². The summed E-state index contributed by atoms with van der Waals surface area (Å²) < 4.78 is 1.77. The molecule has 0 saturated heterocycles. The molecule has 0 unspecified atom stereocenters. The Morgan fingerprint density at radius 2 is 2.04 bits per heavy atom. The molecule has 0 saturated carbocycles. The van der Waals surface area contributed by atoms with E-state index in [-0.39, 0.29) is 5.91 Å². The van der Waals surface area contributed by atoms with Crippen molar-refractivity contribution in [2.24, 2.45) is 7.05 Å². The highest BCUT2D eigenvalue weighted by atomic mass is 35.5. The molecule has 1 aromatic carbocycles. The van der Waals surface area contributed by atoms with Gasteiger partial charge in [-0.25, -0.2) is 4.98 Å². The molecule has 4 nitrogen and oxygen atoms in total. The van der Waals surface area contributed by atoms with Gasteiger partial charge in [0.25, 0.3) is 5.91 Å². The van der Waals surface area contributed by atoms with Gasteiger partial charge in [-0.3, -0.25) is 4.79 Å². The van der Waals surface area contributed by atoms with Crippen molar-refractivity contribution in [1.29, 1.82) is 0 Å². The van der Waals surface area contributed by atoms with Gasteiger partial charge < -0.3 is 9.47 Å². The number of carbonyl (C=O) groups excluding carboxylic acids is 1. The zero-order valence-electron chi connectivity index (χ0n) is 13.6. The lowest BCUT2D eigenvalue weighted by atomic mass is 10.2. The second-order valence-corrected chi connectivity index (χ2v) is 7.04. The summed E-state index contributed by atoms with van der Waals surface area (Å²) in [6, 6.07) is 11.7. The fourth-order valence-corrected chi connectivity index (χ4v) is 3.59. The molecule has 0 aliphatic carbocycles. The largest absolute Gasteiger partial charge is 0.345 e. The van der Waals surface area contributed by atoms with E-state index >= 15 is 0 Å². The first-order valence-corrected chi connectivity index (χ1v) is 8.84. The second kappa shape index (κ2) is 7.20. The van der Waals surface area contributed by atoms with Crippen molar-refractivity contribution in [1.82, 2.24) is 14.5 Å². The first-order valence-electron chi connectivity index (χ1n) is 7.58. The van der Waals surface area contributed by atoms with Gasteiger partial charge in [0.15, 0.2) is 0 Å². The molecule has 0 atom stereocenters. The van der Waals surface area contributed by atoms with Crippen molar-refractivity contribution in [3.63, 3.8) is 0 Å². The molecule has 0 N–H and O–H groups in total. The lowest BCUT2D eigenvalue weighted by Gasteiger charge is -2.23. The number of hydrogen-bond donors (Lipinski definition) is 0. The zero-order valence-corrected chi connectivity index (χ0v) is 15.1. The molecule has 2 aromatic heterocycles. The summed E-state index contributed by atoms with van der Waals surface area (Å²) in [4.78, 5) is 20.3. The lowest BCUT2D eigenvalue weighted by Crippen LogP contribution is -2.31. The highest BCUT2D eigenvalue weighted by Gasteiger charge is 2.21. The van der Waals surface area contributed by atoms with Crippen molar-refractivity contribution in [3.05, 3.63) is 75.0 Å². The Bertz CT molecular complexity index is 841. The van der Waals surface area contributed by atoms with E-state index in [9.17, 15) is 4.79 Å². The average molecular weight is 360 g/mol. The van der Waals surface area contributed by atoms with E-state index in [1.165, 1.54) is 0 Å².